The maximum Gasteiger partial charge on any atom is 0.223 e. The molecule has 4 heteroatoms. The second-order valence-corrected chi connectivity index (χ2v) is 5.93. The molecule has 0 bridgehead atoms. The van der Waals surface area contributed by atoms with E-state index >= 15 is 0 Å². The predicted molar refractivity (Wildman–Crippen MR) is 75.1 cm³/mol. The third kappa shape index (κ3) is 5.77. The van der Waals surface area contributed by atoms with Crippen molar-refractivity contribution in [2.45, 2.75) is 38.5 Å². The molecule has 0 aromatic heterocycles. The minimum Gasteiger partial charge on any atom is -0.356 e. The van der Waals surface area contributed by atoms with Crippen LogP contribution in [0.5, 0.6) is 0 Å². The highest BCUT2D eigenvalue weighted by atomic mass is 32.2. The lowest BCUT2D eigenvalue weighted by atomic mass is 9.81. The second kappa shape index (κ2) is 8.81. The number of amides is 1. The average molecular weight is 258 g/mol. The highest BCUT2D eigenvalue weighted by molar-refractivity contribution is 7.98. The van der Waals surface area contributed by atoms with Gasteiger partial charge in [-0.1, -0.05) is 0 Å². The van der Waals surface area contributed by atoms with Crippen LogP contribution in [0.3, 0.4) is 0 Å². The van der Waals surface area contributed by atoms with Crippen LogP contribution in [-0.2, 0) is 4.79 Å². The number of nitrogens with one attached hydrogen (secondary N) is 1. The number of thioether (sulfide) groups is 1. The predicted octanol–water partition coefficient (Wildman–Crippen LogP) is 2.01. The van der Waals surface area contributed by atoms with E-state index in [9.17, 15) is 4.79 Å². The molecule has 1 saturated carbocycles. The van der Waals surface area contributed by atoms with Crippen molar-refractivity contribution in [1.29, 1.82) is 0 Å². The molecule has 1 aliphatic carbocycles. The molecule has 0 heterocycles. The molecule has 0 radical (unpaired) electrons. The van der Waals surface area contributed by atoms with Crippen molar-refractivity contribution in [1.82, 2.24) is 5.32 Å². The molecule has 0 saturated heterocycles. The smallest absolute Gasteiger partial charge is 0.223 e. The summed E-state index contributed by atoms with van der Waals surface area (Å²) in [7, 11) is 0. The first-order valence-electron chi connectivity index (χ1n) is 6.74. The van der Waals surface area contributed by atoms with Gasteiger partial charge in [0.15, 0.2) is 0 Å². The molecule has 100 valence electrons. The molecule has 0 atom stereocenters. The first-order valence-corrected chi connectivity index (χ1v) is 8.14. The molecule has 3 N–H and O–H groups in total. The molecular formula is C13H26N2OS. The summed E-state index contributed by atoms with van der Waals surface area (Å²) in [5, 5.41) is 3.06. The van der Waals surface area contributed by atoms with Crippen molar-refractivity contribution in [3.63, 3.8) is 0 Å². The Morgan fingerprint density at radius 2 is 2.00 bits per heavy atom. The van der Waals surface area contributed by atoms with Crippen molar-refractivity contribution < 1.29 is 4.79 Å². The fourth-order valence-electron chi connectivity index (χ4n) is 2.39. The number of carbonyl (C=O) groups is 1. The van der Waals surface area contributed by atoms with Gasteiger partial charge in [0.1, 0.15) is 0 Å². The van der Waals surface area contributed by atoms with Gasteiger partial charge in [-0.05, 0) is 63.0 Å². The van der Waals surface area contributed by atoms with Gasteiger partial charge in [0.25, 0.3) is 0 Å². The summed E-state index contributed by atoms with van der Waals surface area (Å²) >= 11 is 1.87. The molecule has 0 unspecified atom stereocenters. The molecule has 0 aliphatic heterocycles. The van der Waals surface area contributed by atoms with Crippen LogP contribution < -0.4 is 11.1 Å². The Labute approximate surface area is 109 Å². The highest BCUT2D eigenvalue weighted by Gasteiger charge is 2.25. The Hall–Kier alpha value is -0.220. The van der Waals surface area contributed by atoms with E-state index in [1.165, 1.54) is 12.2 Å². The van der Waals surface area contributed by atoms with E-state index in [2.05, 4.69) is 11.6 Å². The Balaban J connectivity index is 2.08. The van der Waals surface area contributed by atoms with Gasteiger partial charge in [0.05, 0.1) is 0 Å². The van der Waals surface area contributed by atoms with Gasteiger partial charge < -0.3 is 11.1 Å². The summed E-state index contributed by atoms with van der Waals surface area (Å²) in [4.78, 5) is 11.9. The third-order valence-electron chi connectivity index (χ3n) is 3.63. The number of hydrogen-bond donors (Lipinski definition) is 2. The summed E-state index contributed by atoms with van der Waals surface area (Å²) in [5.74, 6) is 2.36. The van der Waals surface area contributed by atoms with E-state index in [-0.39, 0.29) is 11.8 Å². The summed E-state index contributed by atoms with van der Waals surface area (Å²) in [6.07, 6.45) is 8.72. The van der Waals surface area contributed by atoms with Gasteiger partial charge in [0.2, 0.25) is 5.91 Å². The lowest BCUT2D eigenvalue weighted by Crippen LogP contribution is -2.34. The molecule has 1 aliphatic rings. The lowest BCUT2D eigenvalue weighted by Gasteiger charge is -2.26. The molecule has 17 heavy (non-hydrogen) atoms. The monoisotopic (exact) mass is 258 g/mol. The number of hydrogen-bond acceptors (Lipinski definition) is 3. The maximum atomic E-state index is 11.9. The van der Waals surface area contributed by atoms with Gasteiger partial charge in [-0.25, -0.2) is 0 Å². The Morgan fingerprint density at radius 3 is 2.59 bits per heavy atom. The molecule has 1 rings (SSSR count). The van der Waals surface area contributed by atoms with Crippen molar-refractivity contribution in [3.8, 4) is 0 Å². The number of carbonyl (C=O) groups excluding carboxylic acids is 1. The van der Waals surface area contributed by atoms with Crippen molar-refractivity contribution >= 4 is 17.7 Å². The second-order valence-electron chi connectivity index (χ2n) is 4.94. The summed E-state index contributed by atoms with van der Waals surface area (Å²) < 4.78 is 0. The van der Waals surface area contributed by atoms with Gasteiger partial charge >= 0.3 is 0 Å². The quantitative estimate of drug-likeness (QED) is 0.687. The van der Waals surface area contributed by atoms with E-state index in [1.807, 2.05) is 11.8 Å². The minimum atomic E-state index is 0.248. The van der Waals surface area contributed by atoms with Crippen LogP contribution in [0.25, 0.3) is 0 Å². The molecular weight excluding hydrogens is 232 g/mol. The zero-order valence-electron chi connectivity index (χ0n) is 10.9. The summed E-state index contributed by atoms with van der Waals surface area (Å²) in [6.45, 7) is 1.62. The van der Waals surface area contributed by atoms with E-state index < -0.39 is 0 Å². The minimum absolute atomic E-state index is 0.248. The van der Waals surface area contributed by atoms with E-state index in [1.54, 1.807) is 0 Å². The molecule has 0 aromatic carbocycles. The van der Waals surface area contributed by atoms with Crippen LogP contribution >= 0.6 is 11.8 Å². The number of rotatable bonds is 7. The van der Waals surface area contributed by atoms with Crippen LogP contribution in [0.2, 0.25) is 0 Å². The first-order chi connectivity index (χ1) is 8.27. The molecule has 3 nitrogen and oxygen atoms in total. The maximum absolute atomic E-state index is 11.9. The summed E-state index contributed by atoms with van der Waals surface area (Å²) in [5.41, 5.74) is 5.65. The van der Waals surface area contributed by atoms with Crippen LogP contribution in [0, 0.1) is 11.8 Å². The Bertz CT molecular complexity index is 215. The first kappa shape index (κ1) is 14.8. The molecule has 0 aromatic rings. The molecule has 1 fully saturated rings. The van der Waals surface area contributed by atoms with Gasteiger partial charge in [-0.2, -0.15) is 11.8 Å². The Kier molecular flexibility index (Phi) is 7.69. The van der Waals surface area contributed by atoms with Crippen LogP contribution in [0.4, 0.5) is 0 Å². The van der Waals surface area contributed by atoms with E-state index in [4.69, 9.17) is 5.73 Å². The average Bonchev–Trinajstić information content (AvgIpc) is 2.38. The van der Waals surface area contributed by atoms with Crippen molar-refractivity contribution in [3.05, 3.63) is 0 Å². The van der Waals surface area contributed by atoms with Gasteiger partial charge in [-0.3, -0.25) is 4.79 Å². The fourth-order valence-corrected chi connectivity index (χ4v) is 2.88. The standard InChI is InChI=1S/C13H26N2OS/c1-17-9-3-2-8-15-13(16)12-6-4-11(10-14)5-7-12/h11-12H,2-10,14H2,1H3,(H,15,16). The Morgan fingerprint density at radius 1 is 1.29 bits per heavy atom. The topological polar surface area (TPSA) is 55.1 Å². The molecule has 0 spiro atoms. The normalized spacial score (nSPS) is 24.6. The van der Waals surface area contributed by atoms with Crippen LogP contribution in [-0.4, -0.2) is 31.0 Å². The zero-order valence-corrected chi connectivity index (χ0v) is 11.7. The van der Waals surface area contributed by atoms with Gasteiger partial charge in [0, 0.05) is 12.5 Å². The lowest BCUT2D eigenvalue weighted by molar-refractivity contribution is -0.126. The van der Waals surface area contributed by atoms with Crippen molar-refractivity contribution in [2.75, 3.05) is 25.1 Å². The van der Waals surface area contributed by atoms with Crippen LogP contribution in [0.1, 0.15) is 38.5 Å². The number of nitrogens with two attached hydrogens (primary N) is 1. The van der Waals surface area contributed by atoms with Crippen LogP contribution in [0.15, 0.2) is 0 Å². The van der Waals surface area contributed by atoms with E-state index in [0.717, 1.165) is 45.2 Å². The third-order valence-corrected chi connectivity index (χ3v) is 4.32. The zero-order chi connectivity index (χ0) is 12.5. The summed E-state index contributed by atoms with van der Waals surface area (Å²) in [6, 6.07) is 0. The highest BCUT2D eigenvalue weighted by Crippen LogP contribution is 2.28. The SMILES string of the molecule is CSCCCCNC(=O)C1CCC(CN)CC1. The molecule has 1 amide bonds. The van der Waals surface area contributed by atoms with Gasteiger partial charge in [-0.15, -0.1) is 0 Å². The largest absolute Gasteiger partial charge is 0.356 e. The van der Waals surface area contributed by atoms with Crippen molar-refractivity contribution in [2.24, 2.45) is 17.6 Å². The van der Waals surface area contributed by atoms with E-state index in [0.29, 0.717) is 5.92 Å². The number of unbranched alkanes of at least 4 members (excludes halogenated alkanes) is 1. The fraction of sp³-hybridized carbons (Fsp3) is 0.923.